The highest BCUT2D eigenvalue weighted by molar-refractivity contribution is 5.93. The molecule has 0 spiro atoms. The van der Waals surface area contributed by atoms with Crippen molar-refractivity contribution in [2.45, 2.75) is 91.8 Å². The molecule has 0 radical (unpaired) electrons. The van der Waals surface area contributed by atoms with Crippen molar-refractivity contribution >= 4 is 17.8 Å². The maximum absolute atomic E-state index is 13.4. The fourth-order valence-electron chi connectivity index (χ4n) is 8.11. The van der Waals surface area contributed by atoms with Gasteiger partial charge < -0.3 is 14.7 Å². The van der Waals surface area contributed by atoms with Crippen molar-refractivity contribution in [3.63, 3.8) is 0 Å². The van der Waals surface area contributed by atoms with Crippen LogP contribution in [0.25, 0.3) is 0 Å². The predicted molar refractivity (Wildman–Crippen MR) is 129 cm³/mol. The number of rotatable bonds is 2. The van der Waals surface area contributed by atoms with Crippen LogP contribution in [0.4, 0.5) is 4.79 Å². The maximum Gasteiger partial charge on any atom is 0.414 e. The van der Waals surface area contributed by atoms with Crippen LogP contribution in [0.1, 0.15) is 79.6 Å². The van der Waals surface area contributed by atoms with Gasteiger partial charge in [-0.2, -0.15) is 0 Å². The van der Waals surface area contributed by atoms with Crippen LogP contribution in [-0.4, -0.2) is 60.1 Å². The van der Waals surface area contributed by atoms with E-state index in [-0.39, 0.29) is 40.8 Å². The summed E-state index contributed by atoms with van der Waals surface area (Å²) in [6.07, 6.45) is 3.20. The molecule has 4 rings (SSSR count). The van der Waals surface area contributed by atoms with E-state index in [4.69, 9.17) is 4.74 Å². The smallest absolute Gasteiger partial charge is 0.414 e. The highest BCUT2D eigenvalue weighted by atomic mass is 16.6. The molecule has 3 unspecified atom stereocenters. The number of amides is 2. The van der Waals surface area contributed by atoms with Crippen LogP contribution in [0, 0.1) is 39.9 Å². The van der Waals surface area contributed by atoms with Crippen LogP contribution in [-0.2, 0) is 14.3 Å². The summed E-state index contributed by atoms with van der Waals surface area (Å²) in [5.74, 6) is -0.283. The Kier molecular flexibility index (Phi) is 6.69. The maximum atomic E-state index is 13.4. The first kappa shape index (κ1) is 25.6. The lowest BCUT2D eigenvalue weighted by atomic mass is 9.44. The topological polar surface area (TPSA) is 95.9 Å². The molecule has 1 aliphatic heterocycles. The molecule has 2 bridgehead atoms. The SMILES string of the molecule is C[C@@H]1CCC23CCC(=O)C2[C@]1(C)C(OC(=O)NC(=O)C1CCN(C)CC1)CC(C)(C)[C@@H](O)[C@@H]3C. The average Bonchev–Trinajstić information content (AvgIpc) is 3.13. The Morgan fingerprint density at radius 2 is 1.74 bits per heavy atom. The number of Topliss-reactive ketones (excluding diaryl/α,β-unsaturated/α-hetero) is 1. The standard InChI is InChI=1S/C27H44N2O5/c1-16-7-11-27-12-8-19(30)21(27)26(16,5)20(15-25(3,4)22(31)17(27)2)34-24(33)28-23(32)18-9-13-29(6)14-10-18/h16-18,20-22,31H,7-15H2,1-6H3,(H,28,32,33)/t16-,17+,20?,21?,22+,26+,27?/m1/s1. The van der Waals surface area contributed by atoms with Gasteiger partial charge in [-0.05, 0) is 81.3 Å². The van der Waals surface area contributed by atoms with Gasteiger partial charge in [-0.3, -0.25) is 14.9 Å². The number of hydrogen-bond donors (Lipinski definition) is 2. The Bertz CT molecular complexity index is 835. The van der Waals surface area contributed by atoms with Crippen LogP contribution < -0.4 is 5.32 Å². The van der Waals surface area contributed by atoms with Crippen molar-refractivity contribution in [1.29, 1.82) is 0 Å². The number of nitrogens with zero attached hydrogens (tertiary/aromatic N) is 1. The molecule has 4 fully saturated rings. The fourth-order valence-corrected chi connectivity index (χ4v) is 8.11. The number of hydrogen-bond acceptors (Lipinski definition) is 6. The van der Waals surface area contributed by atoms with Crippen molar-refractivity contribution in [1.82, 2.24) is 10.2 Å². The Labute approximate surface area is 204 Å². The van der Waals surface area contributed by atoms with Gasteiger partial charge >= 0.3 is 6.09 Å². The first-order valence-electron chi connectivity index (χ1n) is 13.2. The summed E-state index contributed by atoms with van der Waals surface area (Å²) < 4.78 is 6.10. The molecular weight excluding hydrogens is 432 g/mol. The molecule has 2 amide bonds. The summed E-state index contributed by atoms with van der Waals surface area (Å²) in [6, 6.07) is 0. The predicted octanol–water partition coefficient (Wildman–Crippen LogP) is 3.78. The number of carbonyl (C=O) groups excluding carboxylic acids is 3. The lowest BCUT2D eigenvalue weighted by Crippen LogP contribution is -2.63. The third kappa shape index (κ3) is 4.01. The van der Waals surface area contributed by atoms with Gasteiger partial charge in [0, 0.05) is 23.7 Å². The van der Waals surface area contributed by atoms with Crippen molar-refractivity contribution < 1.29 is 24.2 Å². The number of carbonyl (C=O) groups is 3. The minimum Gasteiger partial charge on any atom is -0.445 e. The van der Waals surface area contributed by atoms with Gasteiger partial charge in [-0.25, -0.2) is 4.79 Å². The molecule has 7 nitrogen and oxygen atoms in total. The molecule has 7 atom stereocenters. The lowest BCUT2D eigenvalue weighted by molar-refractivity contribution is -0.195. The van der Waals surface area contributed by atoms with Gasteiger partial charge in [0.05, 0.1) is 6.10 Å². The number of aliphatic hydroxyl groups excluding tert-OH is 1. The molecule has 2 N–H and O–H groups in total. The van der Waals surface area contributed by atoms with Gasteiger partial charge in [0.2, 0.25) is 5.91 Å². The molecule has 4 aliphatic rings. The molecule has 3 saturated carbocycles. The largest absolute Gasteiger partial charge is 0.445 e. The van der Waals surface area contributed by atoms with Crippen LogP contribution >= 0.6 is 0 Å². The van der Waals surface area contributed by atoms with Gasteiger partial charge in [0.15, 0.2) is 0 Å². The molecule has 7 heteroatoms. The van der Waals surface area contributed by atoms with Crippen LogP contribution in [0.15, 0.2) is 0 Å². The highest BCUT2D eigenvalue weighted by Crippen LogP contribution is 2.67. The number of piperidine rings is 1. The summed E-state index contributed by atoms with van der Waals surface area (Å²) in [5.41, 5.74) is -1.30. The van der Waals surface area contributed by atoms with Crippen LogP contribution in [0.3, 0.4) is 0 Å². The van der Waals surface area contributed by atoms with E-state index < -0.39 is 29.1 Å². The molecule has 3 aliphatic carbocycles. The van der Waals surface area contributed by atoms with E-state index in [1.54, 1.807) is 0 Å². The Balaban J connectivity index is 1.62. The van der Waals surface area contributed by atoms with Gasteiger partial charge in [-0.15, -0.1) is 0 Å². The number of likely N-dealkylation sites (tertiary alicyclic amines) is 1. The molecule has 0 aromatic carbocycles. The summed E-state index contributed by atoms with van der Waals surface area (Å²) in [5, 5.41) is 14.0. The minimum atomic E-state index is -0.720. The van der Waals surface area contributed by atoms with E-state index in [9.17, 15) is 19.5 Å². The zero-order valence-corrected chi connectivity index (χ0v) is 21.9. The van der Waals surface area contributed by atoms with Gasteiger partial charge in [0.1, 0.15) is 11.9 Å². The minimum absolute atomic E-state index is 0.00781. The molecular formula is C27H44N2O5. The normalized spacial score (nSPS) is 42.9. The lowest BCUT2D eigenvalue weighted by Gasteiger charge is -2.61. The summed E-state index contributed by atoms with van der Waals surface area (Å²) >= 11 is 0. The molecule has 192 valence electrons. The highest BCUT2D eigenvalue weighted by Gasteiger charge is 2.68. The summed E-state index contributed by atoms with van der Waals surface area (Å²) in [7, 11) is 2.03. The van der Waals surface area contributed by atoms with E-state index in [1.807, 2.05) is 20.9 Å². The van der Waals surface area contributed by atoms with E-state index in [0.29, 0.717) is 12.8 Å². The second-order valence-corrected chi connectivity index (χ2v) is 12.8. The number of ketones is 1. The number of imide groups is 1. The quantitative estimate of drug-likeness (QED) is 0.630. The van der Waals surface area contributed by atoms with Crippen molar-refractivity contribution in [3.8, 4) is 0 Å². The van der Waals surface area contributed by atoms with Crippen molar-refractivity contribution in [2.75, 3.05) is 20.1 Å². The Morgan fingerprint density at radius 3 is 2.38 bits per heavy atom. The second-order valence-electron chi connectivity index (χ2n) is 12.8. The van der Waals surface area contributed by atoms with Crippen molar-refractivity contribution in [2.24, 2.45) is 39.9 Å². The van der Waals surface area contributed by atoms with Gasteiger partial charge in [-0.1, -0.05) is 34.6 Å². The number of ether oxygens (including phenoxy) is 1. The summed E-state index contributed by atoms with van der Waals surface area (Å²) in [6.45, 7) is 12.1. The molecule has 1 heterocycles. The number of alkyl carbamates (subject to hydrolysis) is 1. The number of nitrogens with one attached hydrogen (secondary N) is 1. The van der Waals surface area contributed by atoms with Crippen LogP contribution in [0.5, 0.6) is 0 Å². The number of aliphatic hydroxyl groups is 1. The zero-order valence-electron chi connectivity index (χ0n) is 21.9. The monoisotopic (exact) mass is 476 g/mol. The average molecular weight is 477 g/mol. The summed E-state index contributed by atoms with van der Waals surface area (Å²) in [4.78, 5) is 41.4. The van der Waals surface area contributed by atoms with Crippen LogP contribution in [0.2, 0.25) is 0 Å². The van der Waals surface area contributed by atoms with E-state index >= 15 is 0 Å². The zero-order chi connectivity index (χ0) is 25.1. The molecule has 0 aromatic rings. The molecule has 0 aromatic heterocycles. The third-order valence-electron chi connectivity index (χ3n) is 10.6. The van der Waals surface area contributed by atoms with E-state index in [0.717, 1.165) is 45.2 Å². The molecule has 34 heavy (non-hydrogen) atoms. The van der Waals surface area contributed by atoms with Crippen molar-refractivity contribution in [3.05, 3.63) is 0 Å². The first-order chi connectivity index (χ1) is 15.8. The first-order valence-corrected chi connectivity index (χ1v) is 13.2. The Morgan fingerprint density at radius 1 is 1.09 bits per heavy atom. The molecule has 1 saturated heterocycles. The fraction of sp³-hybridized carbons (Fsp3) is 0.889. The van der Waals surface area contributed by atoms with E-state index in [2.05, 4.69) is 31.0 Å². The second kappa shape index (κ2) is 8.88. The third-order valence-corrected chi connectivity index (χ3v) is 10.6. The van der Waals surface area contributed by atoms with E-state index in [1.165, 1.54) is 0 Å². The Hall–Kier alpha value is -1.47. The van der Waals surface area contributed by atoms with Gasteiger partial charge in [0.25, 0.3) is 0 Å².